The van der Waals surface area contributed by atoms with E-state index < -0.39 is 30.7 Å². The first-order valence-corrected chi connectivity index (χ1v) is 14.3. The van der Waals surface area contributed by atoms with Crippen LogP contribution in [-0.4, -0.2) is 75.4 Å². The van der Waals surface area contributed by atoms with Gasteiger partial charge in [0.25, 0.3) is 5.82 Å². The molecule has 0 amide bonds. The summed E-state index contributed by atoms with van der Waals surface area (Å²) < 4.78 is 16.1. The van der Waals surface area contributed by atoms with Gasteiger partial charge in [-0.15, -0.1) is 0 Å². The summed E-state index contributed by atoms with van der Waals surface area (Å²) in [4.78, 5) is 2.19. The summed E-state index contributed by atoms with van der Waals surface area (Å²) >= 11 is 0. The number of aliphatic hydroxyl groups excluding tert-OH is 3. The fraction of sp³-hybridized carbons (Fsp3) is 0.567. The second-order valence-corrected chi connectivity index (χ2v) is 10.7. The summed E-state index contributed by atoms with van der Waals surface area (Å²) in [5, 5.41) is 32.3. The Kier molecular flexibility index (Phi) is 8.98. The van der Waals surface area contributed by atoms with Crippen LogP contribution < -0.4 is 10.3 Å². The van der Waals surface area contributed by atoms with Gasteiger partial charge in [-0.1, -0.05) is 36.4 Å². The van der Waals surface area contributed by atoms with Crippen LogP contribution in [0.4, 0.5) is 0 Å². The zero-order valence-corrected chi connectivity index (χ0v) is 23.0. The lowest BCUT2D eigenvalue weighted by Gasteiger charge is -2.39. The number of piperidine rings is 1. The highest BCUT2D eigenvalue weighted by Gasteiger charge is 2.40. The fourth-order valence-electron chi connectivity index (χ4n) is 6.28. The van der Waals surface area contributed by atoms with E-state index in [2.05, 4.69) is 46.1 Å². The van der Waals surface area contributed by atoms with Crippen molar-refractivity contribution in [2.45, 2.75) is 82.9 Å². The first-order valence-electron chi connectivity index (χ1n) is 14.3. The molecule has 0 saturated carbocycles. The zero-order valence-electron chi connectivity index (χ0n) is 23.0. The fourth-order valence-corrected chi connectivity index (χ4v) is 6.28. The summed E-state index contributed by atoms with van der Waals surface area (Å²) in [6.07, 6.45) is -2.93. The number of hydrogen-bond donors (Lipinski definition) is 4. The molecule has 2 aliphatic rings. The Morgan fingerprint density at radius 3 is 2.46 bits per heavy atom. The Balaban J connectivity index is 1.19. The number of benzene rings is 2. The van der Waals surface area contributed by atoms with E-state index in [4.69, 9.17) is 15.2 Å². The van der Waals surface area contributed by atoms with E-state index in [-0.39, 0.29) is 6.61 Å². The lowest BCUT2D eigenvalue weighted by Crippen LogP contribution is -2.54. The van der Waals surface area contributed by atoms with Crippen LogP contribution in [0.25, 0.3) is 11.0 Å². The van der Waals surface area contributed by atoms with Crippen LogP contribution in [0, 0.1) is 0 Å². The highest BCUT2D eigenvalue weighted by Crippen LogP contribution is 2.32. The summed E-state index contributed by atoms with van der Waals surface area (Å²) in [5.41, 5.74) is 10.7. The predicted octanol–water partition coefficient (Wildman–Crippen LogP) is 1.80. The van der Waals surface area contributed by atoms with Crippen molar-refractivity contribution < 1.29 is 29.4 Å². The molecule has 39 heavy (non-hydrogen) atoms. The Morgan fingerprint density at radius 1 is 1.05 bits per heavy atom. The van der Waals surface area contributed by atoms with E-state index in [9.17, 15) is 15.3 Å². The molecule has 5 N–H and O–H groups in total. The molecule has 5 atom stereocenters. The molecule has 9 heteroatoms. The van der Waals surface area contributed by atoms with Crippen molar-refractivity contribution in [2.24, 2.45) is 5.73 Å². The minimum atomic E-state index is -1.22. The van der Waals surface area contributed by atoms with Gasteiger partial charge in [-0.05, 0) is 63.4 Å². The number of aliphatic hydroxyl groups is 3. The number of likely N-dealkylation sites (tertiary alicyclic amines) is 1. The van der Waals surface area contributed by atoms with Gasteiger partial charge >= 0.3 is 0 Å². The molecule has 0 spiro atoms. The number of hydrogen-bond acceptors (Lipinski definition) is 7. The van der Waals surface area contributed by atoms with E-state index in [1.165, 1.54) is 16.6 Å². The van der Waals surface area contributed by atoms with E-state index in [0.29, 0.717) is 19.0 Å². The van der Waals surface area contributed by atoms with Crippen LogP contribution in [-0.2, 0) is 29.1 Å². The maximum absolute atomic E-state index is 10.9. The van der Waals surface area contributed by atoms with Crippen LogP contribution in [0.15, 0.2) is 48.5 Å². The second kappa shape index (κ2) is 12.4. The number of β-amino-alcohol motifs (C(OH)–C–C–N with tert-alkyl or cyclic N) is 1. The number of imidazole rings is 1. The molecule has 9 nitrogen and oxygen atoms in total. The molecule has 0 aliphatic carbocycles. The van der Waals surface area contributed by atoms with Crippen molar-refractivity contribution in [1.29, 1.82) is 0 Å². The van der Waals surface area contributed by atoms with Gasteiger partial charge < -0.3 is 35.4 Å². The number of aryl methyl sites for hydroxylation is 2. The van der Waals surface area contributed by atoms with Gasteiger partial charge in [-0.3, -0.25) is 0 Å². The van der Waals surface area contributed by atoms with Gasteiger partial charge in [0, 0.05) is 12.1 Å². The third-order valence-electron chi connectivity index (χ3n) is 8.40. The molecule has 2 aromatic carbocycles. The zero-order chi connectivity index (χ0) is 27.5. The van der Waals surface area contributed by atoms with Crippen LogP contribution in [0.5, 0.6) is 0 Å². The van der Waals surface area contributed by atoms with Crippen molar-refractivity contribution in [1.82, 2.24) is 9.47 Å². The van der Waals surface area contributed by atoms with Crippen LogP contribution in [0.1, 0.15) is 55.8 Å². The summed E-state index contributed by atoms with van der Waals surface area (Å²) in [6.45, 7) is 8.63. The molecule has 0 radical (unpaired) electrons. The molecule has 0 bridgehead atoms. The lowest BCUT2D eigenvalue weighted by atomic mass is 9.89. The van der Waals surface area contributed by atoms with Gasteiger partial charge in [0.2, 0.25) is 0 Å². The standard InChI is InChI=1S/C30H43N4O5/c1-3-33-23-11-10-22(16-24(23)34(4-2)27(33)17-31)20-12-14-32(15-13-20)18-25(35)28(37)29-26(36)19-38-30(39-29)21-8-6-5-7-9-21/h5-11,16,20,25-26,28-30,35-37H,3-4,12-15,17-19,31H2,1-2H3/q+1/t25-,26+,28+,29+,30?/m0/s1. The smallest absolute Gasteiger partial charge is 0.271 e. The van der Waals surface area contributed by atoms with Crippen LogP contribution >= 0.6 is 0 Å². The van der Waals surface area contributed by atoms with E-state index in [1.54, 1.807) is 0 Å². The Hall–Kier alpha value is -2.37. The van der Waals surface area contributed by atoms with Crippen molar-refractivity contribution in [2.75, 3.05) is 26.2 Å². The van der Waals surface area contributed by atoms with Crippen molar-refractivity contribution in [3.63, 3.8) is 0 Å². The van der Waals surface area contributed by atoms with Gasteiger partial charge in [-0.25, -0.2) is 9.13 Å². The number of nitrogens with zero attached hydrogens (tertiary/aromatic N) is 3. The molecule has 2 saturated heterocycles. The van der Waals surface area contributed by atoms with Crippen molar-refractivity contribution in [3.8, 4) is 0 Å². The molecule has 2 aliphatic heterocycles. The molecule has 1 unspecified atom stereocenters. The molecular weight excluding hydrogens is 496 g/mol. The van der Waals surface area contributed by atoms with E-state index >= 15 is 0 Å². The molecular formula is C30H43N4O5+. The SMILES string of the molecule is CCn1c(CN)[n+](CC)c2ccc(C3CCN(C[C@H](O)[C@@H](O)[C@@H]4OC(c5ccccc5)OC[C@H]4O)CC3)cc21. The highest BCUT2D eigenvalue weighted by molar-refractivity contribution is 5.73. The number of aromatic nitrogens is 2. The minimum absolute atomic E-state index is 0.0379. The molecule has 5 rings (SSSR count). The molecule has 3 heterocycles. The molecule has 2 fully saturated rings. The second-order valence-electron chi connectivity index (χ2n) is 10.7. The topological polar surface area (TPSA) is 117 Å². The van der Waals surface area contributed by atoms with Gasteiger partial charge in [0.05, 0.1) is 32.3 Å². The first kappa shape index (κ1) is 28.2. The van der Waals surface area contributed by atoms with Crippen LogP contribution in [0.2, 0.25) is 0 Å². The van der Waals surface area contributed by atoms with Crippen molar-refractivity contribution >= 4 is 11.0 Å². The van der Waals surface area contributed by atoms with Gasteiger partial charge in [0.15, 0.2) is 17.3 Å². The largest absolute Gasteiger partial charge is 0.389 e. The number of fused-ring (bicyclic) bond motifs is 1. The summed E-state index contributed by atoms with van der Waals surface area (Å²) in [5.74, 6) is 1.60. The summed E-state index contributed by atoms with van der Waals surface area (Å²) in [6, 6.07) is 16.2. The molecule has 1 aromatic heterocycles. The Morgan fingerprint density at radius 2 is 1.79 bits per heavy atom. The highest BCUT2D eigenvalue weighted by atomic mass is 16.7. The van der Waals surface area contributed by atoms with Gasteiger partial charge in [0.1, 0.15) is 18.3 Å². The molecule has 3 aromatic rings. The summed E-state index contributed by atoms with van der Waals surface area (Å²) in [7, 11) is 0. The minimum Gasteiger partial charge on any atom is -0.389 e. The third kappa shape index (κ3) is 5.76. The van der Waals surface area contributed by atoms with E-state index in [1.807, 2.05) is 30.3 Å². The maximum Gasteiger partial charge on any atom is 0.271 e. The van der Waals surface area contributed by atoms with Crippen LogP contribution in [0.3, 0.4) is 0 Å². The normalized spacial score (nSPS) is 24.7. The Bertz CT molecular complexity index is 1230. The average Bonchev–Trinajstić information content (AvgIpc) is 3.29. The lowest BCUT2D eigenvalue weighted by molar-refractivity contribution is -0.676. The maximum atomic E-state index is 10.9. The predicted molar refractivity (Wildman–Crippen MR) is 148 cm³/mol. The van der Waals surface area contributed by atoms with E-state index in [0.717, 1.165) is 50.4 Å². The monoisotopic (exact) mass is 539 g/mol. The number of rotatable bonds is 9. The van der Waals surface area contributed by atoms with Crippen molar-refractivity contribution in [3.05, 3.63) is 65.5 Å². The third-order valence-corrected chi connectivity index (χ3v) is 8.40. The number of ether oxygens (including phenoxy) is 2. The first-order chi connectivity index (χ1) is 18.9. The quantitative estimate of drug-likeness (QED) is 0.307. The average molecular weight is 540 g/mol. The number of nitrogens with two attached hydrogens (primary N) is 1. The Labute approximate surface area is 230 Å². The molecule has 212 valence electrons. The van der Waals surface area contributed by atoms with Gasteiger partial charge in [-0.2, -0.15) is 0 Å².